The molecule has 1 fully saturated rings. The molecule has 0 bridgehead atoms. The van der Waals surface area contributed by atoms with E-state index in [0.29, 0.717) is 24.5 Å². The van der Waals surface area contributed by atoms with Gasteiger partial charge < -0.3 is 10.3 Å². The Morgan fingerprint density at radius 3 is 2.94 bits per heavy atom. The summed E-state index contributed by atoms with van der Waals surface area (Å²) in [6, 6.07) is 1.58. The third kappa shape index (κ3) is 2.90. The molecule has 0 spiro atoms. The second-order valence-corrected chi connectivity index (χ2v) is 6.60. The molecule has 1 aliphatic heterocycles. The van der Waals surface area contributed by atoms with Crippen LogP contribution in [0, 0.1) is 6.92 Å². The monoisotopic (exact) mass is 273 g/mol. The van der Waals surface area contributed by atoms with Crippen molar-refractivity contribution in [1.82, 2.24) is 9.46 Å². The second kappa shape index (κ2) is 5.38. The zero-order valence-electron chi connectivity index (χ0n) is 10.5. The van der Waals surface area contributed by atoms with Crippen molar-refractivity contribution in [3.63, 3.8) is 0 Å². The minimum absolute atomic E-state index is 0.0725. The summed E-state index contributed by atoms with van der Waals surface area (Å²) in [4.78, 5) is 0. The molecule has 1 unspecified atom stereocenters. The van der Waals surface area contributed by atoms with Gasteiger partial charge in [0.15, 0.2) is 0 Å². The number of nitrogens with zero attached hydrogens (tertiary/aromatic N) is 2. The van der Waals surface area contributed by atoms with E-state index in [4.69, 9.17) is 10.3 Å². The van der Waals surface area contributed by atoms with Gasteiger partial charge in [-0.05, 0) is 19.8 Å². The largest absolute Gasteiger partial charge is 0.361 e. The summed E-state index contributed by atoms with van der Waals surface area (Å²) in [6.07, 6.45) is 2.78. The lowest BCUT2D eigenvalue weighted by Gasteiger charge is -2.33. The van der Waals surface area contributed by atoms with Crippen molar-refractivity contribution in [2.24, 2.45) is 5.73 Å². The Kier molecular flexibility index (Phi) is 4.04. The molecule has 18 heavy (non-hydrogen) atoms. The van der Waals surface area contributed by atoms with Crippen molar-refractivity contribution in [3.05, 3.63) is 17.5 Å². The standard InChI is InChI=1S/C11H19N3O3S/c1-9-6-10(13-17-9)8-18(15,16)14-5-3-2-4-11(14)7-12/h6,11H,2-5,7-8,12H2,1H3. The quantitative estimate of drug-likeness (QED) is 0.869. The maximum absolute atomic E-state index is 12.3. The molecule has 6 nitrogen and oxygen atoms in total. The Labute approximate surface area is 107 Å². The molecular formula is C11H19N3O3S. The van der Waals surface area contributed by atoms with Crippen molar-refractivity contribution in [2.45, 2.75) is 38.0 Å². The van der Waals surface area contributed by atoms with Gasteiger partial charge in [-0.15, -0.1) is 0 Å². The predicted molar refractivity (Wildman–Crippen MR) is 67.3 cm³/mol. The van der Waals surface area contributed by atoms with E-state index in [1.807, 2.05) is 0 Å². The van der Waals surface area contributed by atoms with E-state index in [1.54, 1.807) is 13.0 Å². The first-order valence-corrected chi connectivity index (χ1v) is 7.75. The fraction of sp³-hybridized carbons (Fsp3) is 0.727. The van der Waals surface area contributed by atoms with Crippen LogP contribution in [0.2, 0.25) is 0 Å². The number of hydrogen-bond acceptors (Lipinski definition) is 5. The summed E-state index contributed by atoms with van der Waals surface area (Å²) in [5.74, 6) is 0.509. The van der Waals surface area contributed by atoms with Gasteiger partial charge in [-0.25, -0.2) is 8.42 Å². The molecule has 1 saturated heterocycles. The molecule has 2 rings (SSSR count). The smallest absolute Gasteiger partial charge is 0.220 e. The summed E-state index contributed by atoms with van der Waals surface area (Å²) in [5, 5.41) is 3.73. The van der Waals surface area contributed by atoms with E-state index >= 15 is 0 Å². The second-order valence-electron chi connectivity index (χ2n) is 4.68. The summed E-state index contributed by atoms with van der Waals surface area (Å²) in [7, 11) is -3.35. The van der Waals surface area contributed by atoms with Crippen LogP contribution >= 0.6 is 0 Å². The molecule has 2 N–H and O–H groups in total. The van der Waals surface area contributed by atoms with E-state index in [2.05, 4.69) is 5.16 Å². The van der Waals surface area contributed by atoms with Gasteiger partial charge >= 0.3 is 0 Å². The van der Waals surface area contributed by atoms with Crippen molar-refractivity contribution >= 4 is 10.0 Å². The van der Waals surface area contributed by atoms with Crippen molar-refractivity contribution in [3.8, 4) is 0 Å². The molecule has 1 aliphatic rings. The molecule has 7 heteroatoms. The van der Waals surface area contributed by atoms with E-state index in [-0.39, 0.29) is 11.8 Å². The first kappa shape index (κ1) is 13.5. The third-order valence-electron chi connectivity index (χ3n) is 3.21. The molecule has 0 radical (unpaired) electrons. The molecular weight excluding hydrogens is 254 g/mol. The predicted octanol–water partition coefficient (Wildman–Crippen LogP) is 0.626. The first-order chi connectivity index (χ1) is 8.53. The maximum atomic E-state index is 12.3. The average molecular weight is 273 g/mol. The maximum Gasteiger partial charge on any atom is 0.220 e. The Morgan fingerprint density at radius 2 is 2.33 bits per heavy atom. The number of aryl methyl sites for hydroxylation is 1. The number of sulfonamides is 1. The number of aromatic nitrogens is 1. The molecule has 1 aromatic rings. The highest BCUT2D eigenvalue weighted by Crippen LogP contribution is 2.22. The lowest BCUT2D eigenvalue weighted by Crippen LogP contribution is -2.47. The van der Waals surface area contributed by atoms with E-state index in [1.165, 1.54) is 4.31 Å². The SMILES string of the molecule is Cc1cc(CS(=O)(=O)N2CCCCC2CN)no1. The lowest BCUT2D eigenvalue weighted by atomic mass is 10.1. The van der Waals surface area contributed by atoms with Crippen LogP contribution in [0.4, 0.5) is 0 Å². The highest BCUT2D eigenvalue weighted by atomic mass is 32.2. The van der Waals surface area contributed by atoms with Crippen molar-refractivity contribution in [1.29, 1.82) is 0 Å². The minimum atomic E-state index is -3.35. The Bertz CT molecular complexity index is 497. The zero-order valence-corrected chi connectivity index (χ0v) is 11.3. The fourth-order valence-corrected chi connectivity index (χ4v) is 4.06. The van der Waals surface area contributed by atoms with Gasteiger partial charge in [0.2, 0.25) is 10.0 Å². The summed E-state index contributed by atoms with van der Waals surface area (Å²) in [6.45, 7) is 2.67. The van der Waals surface area contributed by atoms with Crippen molar-refractivity contribution < 1.29 is 12.9 Å². The number of rotatable bonds is 4. The van der Waals surface area contributed by atoms with Crippen LogP contribution in [-0.2, 0) is 15.8 Å². The van der Waals surface area contributed by atoms with E-state index in [9.17, 15) is 8.42 Å². The molecule has 1 aromatic heterocycles. The van der Waals surface area contributed by atoms with Crippen molar-refractivity contribution in [2.75, 3.05) is 13.1 Å². The van der Waals surface area contributed by atoms with Crippen LogP contribution in [0.1, 0.15) is 30.7 Å². The van der Waals surface area contributed by atoms with Gasteiger partial charge in [0.1, 0.15) is 17.2 Å². The Hall–Kier alpha value is -0.920. The van der Waals surface area contributed by atoms with Gasteiger partial charge in [-0.2, -0.15) is 4.31 Å². The highest BCUT2D eigenvalue weighted by molar-refractivity contribution is 7.88. The Balaban J connectivity index is 2.14. The number of hydrogen-bond donors (Lipinski definition) is 1. The third-order valence-corrected chi connectivity index (χ3v) is 5.07. The lowest BCUT2D eigenvalue weighted by molar-refractivity contribution is 0.257. The van der Waals surface area contributed by atoms with Crippen LogP contribution in [0.25, 0.3) is 0 Å². The molecule has 1 atom stereocenters. The van der Waals surface area contributed by atoms with Gasteiger partial charge in [0.25, 0.3) is 0 Å². The van der Waals surface area contributed by atoms with E-state index < -0.39 is 10.0 Å². The van der Waals surface area contributed by atoms with Crippen LogP contribution in [-0.4, -0.2) is 37.0 Å². The topological polar surface area (TPSA) is 89.4 Å². The van der Waals surface area contributed by atoms with Crippen LogP contribution in [0.5, 0.6) is 0 Å². The number of nitrogens with two attached hydrogens (primary N) is 1. The van der Waals surface area contributed by atoms with E-state index in [0.717, 1.165) is 19.3 Å². The minimum Gasteiger partial charge on any atom is -0.361 e. The van der Waals surface area contributed by atoms with Gasteiger partial charge in [0, 0.05) is 25.2 Å². The van der Waals surface area contributed by atoms with Gasteiger partial charge in [-0.1, -0.05) is 11.6 Å². The normalized spacial score (nSPS) is 22.2. The molecule has 2 heterocycles. The zero-order chi connectivity index (χ0) is 13.2. The summed E-state index contributed by atoms with van der Waals surface area (Å²) >= 11 is 0. The number of piperidine rings is 1. The highest BCUT2D eigenvalue weighted by Gasteiger charge is 2.32. The van der Waals surface area contributed by atoms with Gasteiger partial charge in [0.05, 0.1) is 0 Å². The summed E-state index contributed by atoms with van der Waals surface area (Å²) < 4.78 is 31.1. The molecule has 0 aliphatic carbocycles. The van der Waals surface area contributed by atoms with Crippen LogP contribution in [0.15, 0.2) is 10.6 Å². The molecule has 0 saturated carbocycles. The fourth-order valence-electron chi connectivity index (χ4n) is 2.33. The first-order valence-electron chi connectivity index (χ1n) is 6.14. The van der Waals surface area contributed by atoms with Crippen LogP contribution < -0.4 is 5.73 Å². The van der Waals surface area contributed by atoms with Crippen LogP contribution in [0.3, 0.4) is 0 Å². The molecule has 0 aromatic carbocycles. The summed E-state index contributed by atoms with van der Waals surface area (Å²) in [5.41, 5.74) is 6.10. The molecule has 0 amide bonds. The Morgan fingerprint density at radius 1 is 1.56 bits per heavy atom. The average Bonchev–Trinajstić information content (AvgIpc) is 2.74. The van der Waals surface area contributed by atoms with Gasteiger partial charge in [-0.3, -0.25) is 0 Å². The molecule has 102 valence electrons.